The number of oxime groups is 1. The lowest BCUT2D eigenvalue weighted by Crippen LogP contribution is -2.12. The Labute approximate surface area is 117 Å². The standard InChI is InChI=1S/C14H18N4O2/c1-10(2)18-8-7-12(16-18)9-20-13-5-3-11(4-6-13)14(15)17-19/h3-8,10,19H,9H2,1-2H3,(H2,15,17). The average molecular weight is 274 g/mol. The van der Waals surface area contributed by atoms with Crippen LogP contribution in [0.15, 0.2) is 41.7 Å². The minimum Gasteiger partial charge on any atom is -0.487 e. The number of benzene rings is 1. The van der Waals surface area contributed by atoms with E-state index < -0.39 is 0 Å². The third-order valence-electron chi connectivity index (χ3n) is 2.84. The van der Waals surface area contributed by atoms with Crippen molar-refractivity contribution in [2.75, 3.05) is 0 Å². The second-order valence-corrected chi connectivity index (χ2v) is 4.68. The molecule has 0 spiro atoms. The van der Waals surface area contributed by atoms with Gasteiger partial charge in [0.25, 0.3) is 0 Å². The Morgan fingerprint density at radius 2 is 2.05 bits per heavy atom. The lowest BCUT2D eigenvalue weighted by Gasteiger charge is -2.06. The Bertz CT molecular complexity index is 587. The maximum absolute atomic E-state index is 8.58. The van der Waals surface area contributed by atoms with Gasteiger partial charge in [-0.25, -0.2) is 0 Å². The molecule has 0 unspecified atom stereocenters. The molecule has 0 saturated heterocycles. The first-order chi connectivity index (χ1) is 9.60. The SMILES string of the molecule is CC(C)n1ccc(COc2ccc(C(N)=NO)cc2)n1. The van der Waals surface area contributed by atoms with E-state index in [2.05, 4.69) is 24.1 Å². The minimum absolute atomic E-state index is 0.0761. The van der Waals surface area contributed by atoms with Crippen molar-refractivity contribution in [3.8, 4) is 5.75 Å². The molecular weight excluding hydrogens is 256 g/mol. The largest absolute Gasteiger partial charge is 0.487 e. The zero-order valence-electron chi connectivity index (χ0n) is 11.5. The van der Waals surface area contributed by atoms with Crippen LogP contribution >= 0.6 is 0 Å². The molecule has 0 radical (unpaired) electrons. The van der Waals surface area contributed by atoms with Gasteiger partial charge in [0.2, 0.25) is 0 Å². The van der Waals surface area contributed by atoms with Gasteiger partial charge in [-0.1, -0.05) is 5.16 Å². The molecule has 6 heteroatoms. The predicted molar refractivity (Wildman–Crippen MR) is 75.9 cm³/mol. The summed E-state index contributed by atoms with van der Waals surface area (Å²) in [5, 5.41) is 15.9. The lowest BCUT2D eigenvalue weighted by atomic mass is 10.2. The summed E-state index contributed by atoms with van der Waals surface area (Å²) in [5.74, 6) is 0.783. The van der Waals surface area contributed by atoms with E-state index in [-0.39, 0.29) is 5.84 Å². The summed E-state index contributed by atoms with van der Waals surface area (Å²) in [6.07, 6.45) is 1.94. The van der Waals surface area contributed by atoms with E-state index >= 15 is 0 Å². The highest BCUT2D eigenvalue weighted by Gasteiger charge is 2.04. The second kappa shape index (κ2) is 6.10. The summed E-state index contributed by atoms with van der Waals surface area (Å²) in [6.45, 7) is 4.55. The molecule has 0 atom stereocenters. The fourth-order valence-electron chi connectivity index (χ4n) is 1.68. The van der Waals surface area contributed by atoms with Crippen molar-refractivity contribution in [1.29, 1.82) is 0 Å². The van der Waals surface area contributed by atoms with E-state index in [9.17, 15) is 0 Å². The Balaban J connectivity index is 1.96. The van der Waals surface area contributed by atoms with Crippen molar-refractivity contribution in [3.63, 3.8) is 0 Å². The van der Waals surface area contributed by atoms with Gasteiger partial charge >= 0.3 is 0 Å². The zero-order chi connectivity index (χ0) is 14.5. The van der Waals surface area contributed by atoms with Crippen LogP contribution in [0.4, 0.5) is 0 Å². The maximum atomic E-state index is 8.58. The molecule has 6 nitrogen and oxygen atoms in total. The molecule has 0 aliphatic rings. The first kappa shape index (κ1) is 13.9. The van der Waals surface area contributed by atoms with Gasteiger partial charge in [-0.15, -0.1) is 0 Å². The first-order valence-corrected chi connectivity index (χ1v) is 6.35. The molecule has 0 amide bonds. The Hall–Kier alpha value is -2.50. The van der Waals surface area contributed by atoms with E-state index in [4.69, 9.17) is 15.7 Å². The molecule has 2 rings (SSSR count). The van der Waals surface area contributed by atoms with Crippen LogP contribution in [0.3, 0.4) is 0 Å². The normalized spacial score (nSPS) is 11.8. The topological polar surface area (TPSA) is 85.7 Å². The van der Waals surface area contributed by atoms with Crippen molar-refractivity contribution in [2.45, 2.75) is 26.5 Å². The quantitative estimate of drug-likeness (QED) is 0.378. The molecule has 1 aromatic carbocycles. The number of aromatic nitrogens is 2. The van der Waals surface area contributed by atoms with Crippen LogP contribution in [0.5, 0.6) is 5.75 Å². The van der Waals surface area contributed by atoms with Crippen molar-refractivity contribution in [2.24, 2.45) is 10.9 Å². The lowest BCUT2D eigenvalue weighted by molar-refractivity contribution is 0.298. The van der Waals surface area contributed by atoms with Crippen molar-refractivity contribution >= 4 is 5.84 Å². The predicted octanol–water partition coefficient (Wildman–Crippen LogP) is 2.14. The molecule has 0 fully saturated rings. The van der Waals surface area contributed by atoms with Gasteiger partial charge < -0.3 is 15.7 Å². The highest BCUT2D eigenvalue weighted by molar-refractivity contribution is 5.97. The molecular formula is C14H18N4O2. The fraction of sp³-hybridized carbons (Fsp3) is 0.286. The summed E-state index contributed by atoms with van der Waals surface area (Å²) in [6, 6.07) is 9.28. The van der Waals surface area contributed by atoms with Gasteiger partial charge in [0.15, 0.2) is 5.84 Å². The molecule has 1 heterocycles. The van der Waals surface area contributed by atoms with Crippen LogP contribution < -0.4 is 10.5 Å². The smallest absolute Gasteiger partial charge is 0.170 e. The monoisotopic (exact) mass is 274 g/mol. The summed E-state index contributed by atoms with van der Waals surface area (Å²) in [5.41, 5.74) is 7.00. The molecule has 2 aromatic rings. The number of hydrogen-bond donors (Lipinski definition) is 2. The van der Waals surface area contributed by atoms with Crippen LogP contribution in [0.25, 0.3) is 0 Å². The number of ether oxygens (including phenoxy) is 1. The highest BCUT2D eigenvalue weighted by atomic mass is 16.5. The molecule has 0 aliphatic carbocycles. The summed E-state index contributed by atoms with van der Waals surface area (Å²) in [7, 11) is 0. The number of nitrogens with zero attached hydrogens (tertiary/aromatic N) is 3. The number of nitrogens with two attached hydrogens (primary N) is 1. The van der Waals surface area contributed by atoms with Gasteiger partial charge in [0.1, 0.15) is 12.4 Å². The van der Waals surface area contributed by atoms with Crippen LogP contribution in [0.2, 0.25) is 0 Å². The van der Waals surface area contributed by atoms with Crippen LogP contribution in [-0.2, 0) is 6.61 Å². The number of amidine groups is 1. The van der Waals surface area contributed by atoms with Crippen molar-refractivity contribution in [1.82, 2.24) is 9.78 Å². The Morgan fingerprint density at radius 1 is 1.35 bits per heavy atom. The molecule has 1 aromatic heterocycles. The summed E-state index contributed by atoms with van der Waals surface area (Å²) < 4.78 is 7.52. The van der Waals surface area contributed by atoms with Gasteiger partial charge in [-0.2, -0.15) is 5.10 Å². The van der Waals surface area contributed by atoms with E-state index in [0.717, 1.165) is 5.69 Å². The van der Waals surface area contributed by atoms with Crippen molar-refractivity contribution < 1.29 is 9.94 Å². The molecule has 106 valence electrons. The molecule has 0 bridgehead atoms. The van der Waals surface area contributed by atoms with Gasteiger partial charge in [0, 0.05) is 17.8 Å². The molecule has 20 heavy (non-hydrogen) atoms. The van der Waals surface area contributed by atoms with Gasteiger partial charge in [-0.3, -0.25) is 4.68 Å². The third kappa shape index (κ3) is 3.28. The zero-order valence-corrected chi connectivity index (χ0v) is 11.5. The number of hydrogen-bond acceptors (Lipinski definition) is 4. The van der Waals surface area contributed by atoms with E-state index in [1.54, 1.807) is 24.3 Å². The van der Waals surface area contributed by atoms with E-state index in [1.165, 1.54) is 0 Å². The minimum atomic E-state index is 0.0761. The Kier molecular flexibility index (Phi) is 4.24. The summed E-state index contributed by atoms with van der Waals surface area (Å²) in [4.78, 5) is 0. The van der Waals surface area contributed by atoms with Gasteiger partial charge in [0.05, 0.1) is 5.69 Å². The first-order valence-electron chi connectivity index (χ1n) is 6.35. The summed E-state index contributed by atoms with van der Waals surface area (Å²) >= 11 is 0. The Morgan fingerprint density at radius 3 is 2.60 bits per heavy atom. The van der Waals surface area contributed by atoms with Crippen molar-refractivity contribution in [3.05, 3.63) is 47.8 Å². The van der Waals surface area contributed by atoms with E-state index in [1.807, 2.05) is 16.9 Å². The van der Waals surface area contributed by atoms with E-state index in [0.29, 0.717) is 24.0 Å². The molecule has 3 N–H and O–H groups in total. The average Bonchev–Trinajstić information content (AvgIpc) is 2.94. The third-order valence-corrected chi connectivity index (χ3v) is 2.84. The fourth-order valence-corrected chi connectivity index (χ4v) is 1.68. The maximum Gasteiger partial charge on any atom is 0.170 e. The number of rotatable bonds is 5. The molecule has 0 aliphatic heterocycles. The van der Waals surface area contributed by atoms with Gasteiger partial charge in [-0.05, 0) is 44.2 Å². The second-order valence-electron chi connectivity index (χ2n) is 4.68. The molecule has 0 saturated carbocycles. The highest BCUT2D eigenvalue weighted by Crippen LogP contribution is 2.14. The van der Waals surface area contributed by atoms with Crippen LogP contribution in [-0.4, -0.2) is 20.8 Å². The van der Waals surface area contributed by atoms with Crippen LogP contribution in [0.1, 0.15) is 31.1 Å². The van der Waals surface area contributed by atoms with Crippen LogP contribution in [0, 0.1) is 0 Å².